The van der Waals surface area contributed by atoms with Gasteiger partial charge in [-0.25, -0.2) is 0 Å². The summed E-state index contributed by atoms with van der Waals surface area (Å²) in [6.07, 6.45) is 1.02. The molecule has 1 aromatic carbocycles. The number of nitrogens with zero attached hydrogens (tertiary/aromatic N) is 1. The van der Waals surface area contributed by atoms with Crippen LogP contribution >= 0.6 is 11.8 Å². The zero-order valence-electron chi connectivity index (χ0n) is 12.3. The summed E-state index contributed by atoms with van der Waals surface area (Å²) in [6, 6.07) is 5.72. The highest BCUT2D eigenvalue weighted by atomic mass is 32.2. The van der Waals surface area contributed by atoms with Crippen LogP contribution in [-0.2, 0) is 0 Å². The quantitative estimate of drug-likeness (QED) is 0.643. The molecule has 0 spiro atoms. The number of amides is 1. The number of hydrogen-bond donors (Lipinski definition) is 1. The van der Waals surface area contributed by atoms with E-state index in [-0.39, 0.29) is 11.9 Å². The van der Waals surface area contributed by atoms with Gasteiger partial charge in [-0.3, -0.25) is 4.79 Å². The predicted molar refractivity (Wildman–Crippen MR) is 84.8 cm³/mol. The Kier molecular flexibility index (Phi) is 6.22. The van der Waals surface area contributed by atoms with Crippen LogP contribution in [0.25, 0.3) is 0 Å². The molecular formula is C15H24N2OS. The minimum absolute atomic E-state index is 0.0668. The van der Waals surface area contributed by atoms with E-state index in [1.165, 1.54) is 0 Å². The van der Waals surface area contributed by atoms with Crippen molar-refractivity contribution in [3.63, 3.8) is 0 Å². The topological polar surface area (TPSA) is 46.3 Å². The van der Waals surface area contributed by atoms with E-state index in [0.29, 0.717) is 5.56 Å². The molecule has 3 nitrogen and oxygen atoms in total. The molecule has 0 bridgehead atoms. The number of thioether (sulfide) groups is 1. The van der Waals surface area contributed by atoms with Gasteiger partial charge in [0.1, 0.15) is 0 Å². The van der Waals surface area contributed by atoms with E-state index in [4.69, 9.17) is 5.73 Å². The van der Waals surface area contributed by atoms with Crippen molar-refractivity contribution in [2.75, 3.05) is 24.3 Å². The van der Waals surface area contributed by atoms with E-state index in [1.54, 1.807) is 12.1 Å². The summed E-state index contributed by atoms with van der Waals surface area (Å²) in [4.78, 5) is 14.2. The summed E-state index contributed by atoms with van der Waals surface area (Å²) in [6.45, 7) is 6.17. The number of anilines is 1. The molecular weight excluding hydrogens is 256 g/mol. The molecule has 0 saturated heterocycles. The third-order valence-corrected chi connectivity index (χ3v) is 4.31. The number of benzene rings is 1. The molecule has 0 aliphatic heterocycles. The van der Waals surface area contributed by atoms with E-state index in [0.717, 1.165) is 29.2 Å². The molecule has 0 saturated carbocycles. The van der Waals surface area contributed by atoms with Crippen LogP contribution in [0.5, 0.6) is 0 Å². The molecule has 0 heterocycles. The highest BCUT2D eigenvalue weighted by molar-refractivity contribution is 7.99. The van der Waals surface area contributed by atoms with Crippen molar-refractivity contribution < 1.29 is 4.79 Å². The Morgan fingerprint density at radius 2 is 2.16 bits per heavy atom. The highest BCUT2D eigenvalue weighted by Gasteiger charge is 2.17. The largest absolute Gasteiger partial charge is 0.399 e. The van der Waals surface area contributed by atoms with Gasteiger partial charge in [0.15, 0.2) is 0 Å². The van der Waals surface area contributed by atoms with E-state index >= 15 is 0 Å². The first-order chi connectivity index (χ1) is 8.97. The third-order valence-electron chi connectivity index (χ3n) is 3.38. The fourth-order valence-electron chi connectivity index (χ4n) is 1.80. The summed E-state index contributed by atoms with van der Waals surface area (Å²) in [5, 5.41) is 0. The number of hydrogen-bond acceptors (Lipinski definition) is 3. The molecule has 0 fully saturated rings. The van der Waals surface area contributed by atoms with E-state index in [2.05, 4.69) is 13.8 Å². The maximum absolute atomic E-state index is 12.4. The molecule has 1 unspecified atom stereocenters. The lowest BCUT2D eigenvalue weighted by molar-refractivity contribution is 0.0741. The van der Waals surface area contributed by atoms with Gasteiger partial charge in [-0.1, -0.05) is 6.92 Å². The van der Waals surface area contributed by atoms with Gasteiger partial charge in [0.2, 0.25) is 0 Å². The van der Waals surface area contributed by atoms with Gasteiger partial charge in [-0.2, -0.15) is 11.8 Å². The molecule has 0 radical (unpaired) electrons. The van der Waals surface area contributed by atoms with Crippen LogP contribution in [0.15, 0.2) is 18.2 Å². The van der Waals surface area contributed by atoms with Crippen LogP contribution in [0.1, 0.15) is 36.2 Å². The van der Waals surface area contributed by atoms with E-state index < -0.39 is 0 Å². The Bertz CT molecular complexity index is 434. The molecule has 19 heavy (non-hydrogen) atoms. The Balaban J connectivity index is 2.67. The fourth-order valence-corrected chi connectivity index (χ4v) is 2.60. The predicted octanol–water partition coefficient (Wildman–Crippen LogP) is 3.18. The second-order valence-electron chi connectivity index (χ2n) is 4.82. The van der Waals surface area contributed by atoms with Crippen LogP contribution in [-0.4, -0.2) is 35.4 Å². The van der Waals surface area contributed by atoms with Gasteiger partial charge >= 0.3 is 0 Å². The minimum Gasteiger partial charge on any atom is -0.399 e. The molecule has 2 N–H and O–H groups in total. The zero-order valence-corrected chi connectivity index (χ0v) is 13.1. The lowest BCUT2D eigenvalue weighted by Crippen LogP contribution is -2.35. The first-order valence-electron chi connectivity index (χ1n) is 6.68. The maximum Gasteiger partial charge on any atom is 0.253 e. The lowest BCUT2D eigenvalue weighted by atomic mass is 10.1. The first kappa shape index (κ1) is 15.9. The third kappa shape index (κ3) is 4.46. The van der Waals surface area contributed by atoms with Crippen LogP contribution < -0.4 is 5.73 Å². The number of carbonyl (C=O) groups excluding carboxylic acids is 1. The van der Waals surface area contributed by atoms with Crippen molar-refractivity contribution >= 4 is 23.4 Å². The van der Waals surface area contributed by atoms with Crippen molar-refractivity contribution in [3.8, 4) is 0 Å². The fraction of sp³-hybridized carbons (Fsp3) is 0.533. The SMILES string of the molecule is CCSCCC(C)N(C)C(=O)c1ccc(N)c(C)c1. The molecule has 106 valence electrons. The Morgan fingerprint density at radius 3 is 2.74 bits per heavy atom. The molecule has 0 aliphatic carbocycles. The molecule has 1 amide bonds. The second-order valence-corrected chi connectivity index (χ2v) is 6.22. The smallest absolute Gasteiger partial charge is 0.253 e. The summed E-state index contributed by atoms with van der Waals surface area (Å²) in [5.41, 5.74) is 8.17. The number of carbonyl (C=O) groups is 1. The summed E-state index contributed by atoms with van der Waals surface area (Å²) < 4.78 is 0. The number of nitrogen functional groups attached to an aromatic ring is 1. The van der Waals surface area contributed by atoms with Crippen molar-refractivity contribution in [3.05, 3.63) is 29.3 Å². The Morgan fingerprint density at radius 1 is 1.47 bits per heavy atom. The molecule has 1 atom stereocenters. The van der Waals surface area contributed by atoms with Crippen LogP contribution in [0, 0.1) is 6.92 Å². The van der Waals surface area contributed by atoms with E-state index in [1.807, 2.05) is 36.7 Å². The summed E-state index contributed by atoms with van der Waals surface area (Å²) >= 11 is 1.91. The van der Waals surface area contributed by atoms with Crippen LogP contribution in [0.4, 0.5) is 5.69 Å². The molecule has 4 heteroatoms. The standard InChI is InChI=1S/C15H24N2OS/c1-5-19-9-8-12(3)17(4)15(18)13-6-7-14(16)11(2)10-13/h6-7,10,12H,5,8-9,16H2,1-4H3. The Labute approximate surface area is 120 Å². The second kappa shape index (κ2) is 7.43. The van der Waals surface area contributed by atoms with Crippen molar-refractivity contribution in [1.29, 1.82) is 0 Å². The van der Waals surface area contributed by atoms with Gasteiger partial charge < -0.3 is 10.6 Å². The molecule has 0 aromatic heterocycles. The van der Waals surface area contributed by atoms with Gasteiger partial charge in [0, 0.05) is 24.3 Å². The van der Waals surface area contributed by atoms with Gasteiger partial charge in [0.05, 0.1) is 0 Å². The maximum atomic E-state index is 12.4. The molecule has 1 rings (SSSR count). The van der Waals surface area contributed by atoms with Crippen molar-refractivity contribution in [2.45, 2.75) is 33.2 Å². The first-order valence-corrected chi connectivity index (χ1v) is 7.83. The number of aryl methyl sites for hydroxylation is 1. The van der Waals surface area contributed by atoms with Gasteiger partial charge in [-0.05, 0) is 55.5 Å². The van der Waals surface area contributed by atoms with Crippen LogP contribution in [0.3, 0.4) is 0 Å². The molecule has 1 aromatic rings. The van der Waals surface area contributed by atoms with E-state index in [9.17, 15) is 4.79 Å². The number of nitrogens with two attached hydrogens (primary N) is 1. The zero-order chi connectivity index (χ0) is 14.4. The average Bonchev–Trinajstić information content (AvgIpc) is 2.40. The van der Waals surface area contributed by atoms with Gasteiger partial charge in [0.25, 0.3) is 5.91 Å². The monoisotopic (exact) mass is 280 g/mol. The average molecular weight is 280 g/mol. The van der Waals surface area contributed by atoms with Gasteiger partial charge in [-0.15, -0.1) is 0 Å². The summed E-state index contributed by atoms with van der Waals surface area (Å²) in [5.74, 6) is 2.29. The minimum atomic E-state index is 0.0668. The van der Waals surface area contributed by atoms with Crippen molar-refractivity contribution in [2.24, 2.45) is 0 Å². The summed E-state index contributed by atoms with van der Waals surface area (Å²) in [7, 11) is 1.87. The van der Waals surface area contributed by atoms with Crippen LogP contribution in [0.2, 0.25) is 0 Å². The lowest BCUT2D eigenvalue weighted by Gasteiger charge is -2.25. The molecule has 0 aliphatic rings. The highest BCUT2D eigenvalue weighted by Crippen LogP contribution is 2.16. The normalized spacial score (nSPS) is 12.2. The number of rotatable bonds is 6. The van der Waals surface area contributed by atoms with Crippen molar-refractivity contribution in [1.82, 2.24) is 4.90 Å². The Hall–Kier alpha value is -1.16.